The average Bonchev–Trinajstić information content (AvgIpc) is 2.95. The van der Waals surface area contributed by atoms with Crippen LogP contribution in [-0.2, 0) is 5.41 Å². The maximum absolute atomic E-state index is 10.5. The molecule has 2 aromatic rings. The lowest BCUT2D eigenvalue weighted by Gasteiger charge is -2.48. The minimum absolute atomic E-state index is 0.564. The number of unbranched alkanes of at least 4 members (excludes halogenated alkanes) is 1. The van der Waals surface area contributed by atoms with Crippen molar-refractivity contribution in [2.24, 2.45) is 5.92 Å². The fraction of sp³-hybridized carbons (Fsp3) is 0.519. The quantitative estimate of drug-likeness (QED) is 0.279. The van der Waals surface area contributed by atoms with Gasteiger partial charge >= 0.3 is 0 Å². The third kappa shape index (κ3) is 3.91. The van der Waals surface area contributed by atoms with E-state index in [-0.39, 0.29) is 0 Å². The summed E-state index contributed by atoms with van der Waals surface area (Å²) in [4.78, 5) is 0. The fourth-order valence-corrected chi connectivity index (χ4v) is 6.58. The maximum atomic E-state index is 10.5. The molecule has 2 heterocycles. The largest absolute Gasteiger partial charge is 0.321 e. The van der Waals surface area contributed by atoms with Crippen LogP contribution in [0.15, 0.2) is 60.7 Å². The van der Waals surface area contributed by atoms with Crippen LogP contribution in [0, 0.1) is 17.2 Å². The van der Waals surface area contributed by atoms with Crippen molar-refractivity contribution in [1.82, 2.24) is 0 Å². The second kappa shape index (κ2) is 9.13. The topological polar surface area (TPSA) is 23.8 Å². The van der Waals surface area contributed by atoms with E-state index in [4.69, 9.17) is 11.6 Å². The first kappa shape index (κ1) is 21.4. The standard InChI is InChI=1S/C27H34ClN2/c1-30(17-9-8-16-28)25-14-15-26(30)19-22(18-25)20-27(21-29,23-10-4-2-5-11-23)24-12-6-3-7-13-24/h2-7,10-13,22,25-26H,8-9,14-20H2,1H3/q+1/t22?,25-,26+,30?. The molecule has 0 amide bonds. The number of hydrogen-bond acceptors (Lipinski definition) is 1. The molecule has 3 heteroatoms. The molecule has 0 N–H and O–H groups in total. The highest BCUT2D eigenvalue weighted by Gasteiger charge is 2.52. The third-order valence-electron chi connectivity index (χ3n) is 8.05. The van der Waals surface area contributed by atoms with E-state index in [1.807, 2.05) is 12.1 Å². The molecule has 2 bridgehead atoms. The molecule has 0 saturated carbocycles. The van der Waals surface area contributed by atoms with Crippen LogP contribution < -0.4 is 0 Å². The van der Waals surface area contributed by atoms with Gasteiger partial charge in [0.25, 0.3) is 0 Å². The molecule has 2 fully saturated rings. The molecule has 4 atom stereocenters. The molecule has 0 spiro atoms. The van der Waals surface area contributed by atoms with Crippen molar-refractivity contribution >= 4 is 11.6 Å². The SMILES string of the molecule is C[N+]1(CCCCCl)[C@@H]2CC[C@H]1CC(CC(C#N)(c1ccccc1)c1ccccc1)C2. The van der Waals surface area contributed by atoms with Gasteiger partial charge in [-0.3, -0.25) is 0 Å². The molecule has 0 aromatic heterocycles. The minimum Gasteiger partial charge on any atom is -0.321 e. The summed E-state index contributed by atoms with van der Waals surface area (Å²) in [7, 11) is 2.48. The van der Waals surface area contributed by atoms with Gasteiger partial charge in [-0.1, -0.05) is 60.7 Å². The molecule has 0 radical (unpaired) electrons. The predicted molar refractivity (Wildman–Crippen MR) is 124 cm³/mol. The Balaban J connectivity index is 1.59. The van der Waals surface area contributed by atoms with Gasteiger partial charge in [-0.05, 0) is 36.3 Å². The summed E-state index contributed by atoms with van der Waals surface area (Å²) in [6, 6.07) is 25.2. The van der Waals surface area contributed by atoms with E-state index in [9.17, 15) is 5.26 Å². The monoisotopic (exact) mass is 421 g/mol. The highest BCUT2D eigenvalue weighted by atomic mass is 35.5. The molecule has 2 aromatic carbocycles. The van der Waals surface area contributed by atoms with Crippen molar-refractivity contribution < 1.29 is 4.48 Å². The number of nitriles is 1. The van der Waals surface area contributed by atoms with Crippen molar-refractivity contribution in [2.45, 2.75) is 62.4 Å². The summed E-state index contributed by atoms with van der Waals surface area (Å²) in [5.74, 6) is 1.37. The summed E-state index contributed by atoms with van der Waals surface area (Å²) in [5.41, 5.74) is 1.71. The Morgan fingerprint density at radius 1 is 0.933 bits per heavy atom. The molecule has 158 valence electrons. The lowest BCUT2D eigenvalue weighted by Crippen LogP contribution is -2.58. The number of hydrogen-bond donors (Lipinski definition) is 0. The van der Waals surface area contributed by atoms with Crippen molar-refractivity contribution in [3.8, 4) is 6.07 Å². The lowest BCUT2D eigenvalue weighted by atomic mass is 9.67. The molecule has 2 aliphatic rings. The number of halogens is 1. The van der Waals surface area contributed by atoms with Crippen LogP contribution in [0.5, 0.6) is 0 Å². The van der Waals surface area contributed by atoms with Crippen LogP contribution in [0.3, 0.4) is 0 Å². The summed E-state index contributed by atoms with van der Waals surface area (Å²) >= 11 is 5.94. The normalized spacial score (nSPS) is 28.2. The second-order valence-electron chi connectivity index (χ2n) is 9.64. The number of benzene rings is 2. The molecule has 2 saturated heterocycles. The maximum Gasteiger partial charge on any atom is 0.107 e. The van der Waals surface area contributed by atoms with Crippen molar-refractivity contribution in [2.75, 3.05) is 19.5 Å². The van der Waals surface area contributed by atoms with E-state index < -0.39 is 5.41 Å². The van der Waals surface area contributed by atoms with Crippen LogP contribution in [0.25, 0.3) is 0 Å². The van der Waals surface area contributed by atoms with Gasteiger partial charge in [0.05, 0.1) is 31.7 Å². The number of rotatable bonds is 8. The first-order valence-electron chi connectivity index (χ1n) is 11.6. The summed E-state index contributed by atoms with van der Waals surface area (Å²) < 4.78 is 1.24. The van der Waals surface area contributed by atoms with E-state index in [0.29, 0.717) is 5.92 Å². The molecule has 0 aliphatic carbocycles. The molecule has 2 unspecified atom stereocenters. The predicted octanol–water partition coefficient (Wildman–Crippen LogP) is 6.29. The van der Waals surface area contributed by atoms with Crippen LogP contribution in [0.1, 0.15) is 56.1 Å². The van der Waals surface area contributed by atoms with E-state index >= 15 is 0 Å². The molecule has 4 rings (SSSR count). The number of nitrogens with zero attached hydrogens (tertiary/aromatic N) is 2. The van der Waals surface area contributed by atoms with Gasteiger partial charge in [-0.25, -0.2) is 0 Å². The van der Waals surface area contributed by atoms with Crippen LogP contribution in [0.4, 0.5) is 0 Å². The Morgan fingerprint density at radius 2 is 1.47 bits per heavy atom. The van der Waals surface area contributed by atoms with Crippen LogP contribution >= 0.6 is 11.6 Å². The Morgan fingerprint density at radius 3 is 1.93 bits per heavy atom. The van der Waals surface area contributed by atoms with Gasteiger partial charge in [0, 0.05) is 31.6 Å². The smallest absolute Gasteiger partial charge is 0.107 e. The third-order valence-corrected chi connectivity index (χ3v) is 8.32. The number of fused-ring (bicyclic) bond motifs is 2. The van der Waals surface area contributed by atoms with Gasteiger partial charge in [0.15, 0.2) is 0 Å². The van der Waals surface area contributed by atoms with Crippen molar-refractivity contribution in [3.63, 3.8) is 0 Å². The van der Waals surface area contributed by atoms with Crippen molar-refractivity contribution in [1.29, 1.82) is 5.26 Å². The summed E-state index contributed by atoms with van der Waals surface area (Å²) in [6.07, 6.45) is 8.45. The van der Waals surface area contributed by atoms with Crippen molar-refractivity contribution in [3.05, 3.63) is 71.8 Å². The average molecular weight is 422 g/mol. The summed E-state index contributed by atoms with van der Waals surface area (Å²) in [6.45, 7) is 1.26. The molecular formula is C27H34ClN2+. The van der Waals surface area contributed by atoms with Gasteiger partial charge in [-0.2, -0.15) is 5.26 Å². The highest BCUT2D eigenvalue weighted by molar-refractivity contribution is 6.17. The number of alkyl halides is 1. The Kier molecular flexibility index (Phi) is 6.51. The Labute approximate surface area is 187 Å². The highest BCUT2D eigenvalue weighted by Crippen LogP contribution is 2.48. The zero-order valence-electron chi connectivity index (χ0n) is 18.1. The van der Waals surface area contributed by atoms with Crippen LogP contribution in [-0.4, -0.2) is 36.0 Å². The van der Waals surface area contributed by atoms with Gasteiger partial charge < -0.3 is 4.48 Å². The van der Waals surface area contributed by atoms with E-state index in [1.54, 1.807) is 0 Å². The first-order valence-corrected chi connectivity index (χ1v) is 12.1. The zero-order valence-corrected chi connectivity index (χ0v) is 18.9. The zero-order chi connectivity index (χ0) is 21.0. The lowest BCUT2D eigenvalue weighted by molar-refractivity contribution is -0.949. The Bertz CT molecular complexity index is 804. The Hall–Kier alpha value is -1.82. The number of piperidine rings is 1. The molecule has 2 nitrogen and oxygen atoms in total. The minimum atomic E-state index is -0.564. The second-order valence-corrected chi connectivity index (χ2v) is 10.0. The van der Waals surface area contributed by atoms with Crippen LogP contribution in [0.2, 0.25) is 0 Å². The van der Waals surface area contributed by atoms with Gasteiger partial charge in [-0.15, -0.1) is 11.6 Å². The molecule has 2 aliphatic heterocycles. The molecule has 30 heavy (non-hydrogen) atoms. The van der Waals surface area contributed by atoms with E-state index in [0.717, 1.165) is 41.9 Å². The first-order chi connectivity index (χ1) is 14.6. The summed E-state index contributed by atoms with van der Waals surface area (Å²) in [5, 5.41) is 10.5. The fourth-order valence-electron chi connectivity index (χ4n) is 6.39. The number of quaternary nitrogens is 1. The molecular weight excluding hydrogens is 388 g/mol. The van der Waals surface area contributed by atoms with Gasteiger partial charge in [0.2, 0.25) is 0 Å². The van der Waals surface area contributed by atoms with E-state index in [1.165, 1.54) is 43.1 Å². The van der Waals surface area contributed by atoms with Gasteiger partial charge in [0.1, 0.15) is 5.41 Å². The van der Waals surface area contributed by atoms with E-state index in [2.05, 4.69) is 61.6 Å².